The lowest BCUT2D eigenvalue weighted by Gasteiger charge is -2.16. The predicted molar refractivity (Wildman–Crippen MR) is 302 cm³/mol. The molecule has 1 heterocycles. The van der Waals surface area contributed by atoms with Crippen molar-refractivity contribution < 1.29 is 76.7 Å². The van der Waals surface area contributed by atoms with Gasteiger partial charge < -0.3 is 30.7 Å². The fourth-order valence-corrected chi connectivity index (χ4v) is 11.1. The number of nitrogens with zero attached hydrogens (tertiary/aromatic N) is 9. The van der Waals surface area contributed by atoms with Crippen LogP contribution in [0, 0.1) is 6.92 Å². The smallest absolute Gasteiger partial charge is 0.339 e. The Labute approximate surface area is 479 Å². The average molecular weight is 1240 g/mol. The monoisotopic (exact) mass is 1240 g/mol. The number of fused-ring (bicyclic) bond motifs is 2. The van der Waals surface area contributed by atoms with E-state index in [1.165, 1.54) is 30.3 Å². The molecule has 0 amide bonds. The van der Waals surface area contributed by atoms with Crippen molar-refractivity contribution in [3.05, 3.63) is 145 Å². The Hall–Kier alpha value is -9.45. The number of carbonyl (C=O) groups is 1. The number of aromatic hydroxyl groups is 2. The maximum Gasteiger partial charge on any atom is 0.339 e. The largest absolute Gasteiger partial charge is 0.507 e. The Morgan fingerprint density at radius 1 is 0.583 bits per heavy atom. The Bertz CT molecular complexity index is 4730. The third-order valence-corrected chi connectivity index (χ3v) is 16.0. The van der Waals surface area contributed by atoms with Gasteiger partial charge in [0, 0.05) is 32.8 Å². The molecule has 430 valence electrons. The summed E-state index contributed by atoms with van der Waals surface area (Å²) in [6.07, 6.45) is 0. The second-order valence-corrected chi connectivity index (χ2v) is 24.1. The van der Waals surface area contributed by atoms with Crippen LogP contribution in [0.15, 0.2) is 194 Å². The van der Waals surface area contributed by atoms with Crippen molar-refractivity contribution >= 4 is 137 Å². The van der Waals surface area contributed by atoms with Crippen LogP contribution < -0.4 is 15.4 Å². The minimum atomic E-state index is -5.45. The molecule has 0 unspecified atom stereocenters. The van der Waals surface area contributed by atoms with Gasteiger partial charge >= 0.3 is 5.97 Å². The van der Waals surface area contributed by atoms with Gasteiger partial charge in [0.2, 0.25) is 11.9 Å². The molecule has 0 saturated carbocycles. The Morgan fingerprint density at radius 3 is 1.88 bits per heavy atom. The number of nitrogens with one attached hydrogen (secondary N) is 2. The van der Waals surface area contributed by atoms with E-state index < -0.39 is 99.7 Å². The first-order chi connectivity index (χ1) is 39.6. The van der Waals surface area contributed by atoms with E-state index in [2.05, 4.69) is 56.3 Å². The van der Waals surface area contributed by atoms with Gasteiger partial charge in [0.05, 0.1) is 39.1 Å². The van der Waals surface area contributed by atoms with Gasteiger partial charge in [-0.25, -0.2) is 4.79 Å². The van der Waals surface area contributed by atoms with Crippen LogP contribution in [0.2, 0.25) is 0 Å². The van der Waals surface area contributed by atoms with Gasteiger partial charge in [-0.2, -0.15) is 58.9 Å². The number of hydrogen-bond acceptors (Lipinski definition) is 24. The molecule has 1 aromatic heterocycles. The summed E-state index contributed by atoms with van der Waals surface area (Å²) < 4.78 is 148. The van der Waals surface area contributed by atoms with E-state index in [-0.39, 0.29) is 68.5 Å². The molecule has 28 nitrogen and oxygen atoms in total. The number of rotatable bonds is 19. The summed E-state index contributed by atoms with van der Waals surface area (Å²) in [6.45, 7) is 2.99. The quantitative estimate of drug-likeness (QED) is 0.0268. The number of azo groups is 3. The molecule has 9 aromatic rings. The first kappa shape index (κ1) is 59.2. The van der Waals surface area contributed by atoms with Gasteiger partial charge in [-0.05, 0) is 134 Å². The summed E-state index contributed by atoms with van der Waals surface area (Å²) in [5.74, 6) is -3.59. The zero-order valence-corrected chi connectivity index (χ0v) is 46.8. The van der Waals surface area contributed by atoms with E-state index in [1.54, 1.807) is 56.3 Å². The van der Waals surface area contributed by atoms with E-state index in [0.717, 1.165) is 66.4 Å². The number of phenols is 2. The molecule has 0 spiro atoms. The molecule has 8 aromatic carbocycles. The highest BCUT2D eigenvalue weighted by atomic mass is 32.2. The van der Waals surface area contributed by atoms with Crippen LogP contribution >= 0.6 is 11.8 Å². The highest BCUT2D eigenvalue weighted by molar-refractivity contribution is 7.99. The maximum atomic E-state index is 13.2. The van der Waals surface area contributed by atoms with E-state index in [4.69, 9.17) is 4.74 Å². The van der Waals surface area contributed by atoms with Crippen molar-refractivity contribution in [2.45, 2.75) is 43.5 Å². The summed E-state index contributed by atoms with van der Waals surface area (Å²) in [6, 6.07) is 28.9. The van der Waals surface area contributed by atoms with Crippen LogP contribution in [0.4, 0.5) is 57.4 Å². The number of carboxylic acids is 1. The zero-order valence-electron chi connectivity index (χ0n) is 42.7. The van der Waals surface area contributed by atoms with Gasteiger partial charge in [0.1, 0.15) is 43.9 Å². The number of ether oxygens (including phenoxy) is 1. The molecule has 0 fully saturated rings. The molecule has 0 atom stereocenters. The maximum absolute atomic E-state index is 13.2. The number of aromatic carboxylic acids is 1. The van der Waals surface area contributed by atoms with Crippen molar-refractivity contribution in [2.24, 2.45) is 30.7 Å². The third-order valence-electron chi connectivity index (χ3n) is 11.7. The average Bonchev–Trinajstić information content (AvgIpc) is 1.76. The number of aromatic nitrogens is 3. The summed E-state index contributed by atoms with van der Waals surface area (Å²) in [7, 11) is -20.4. The predicted octanol–water partition coefficient (Wildman–Crippen LogP) is 11.9. The normalized spacial score (nSPS) is 12.5. The standard InChI is InChI=1S/C51H39N11O17S5/c1-3-79-41-25-38(60-59-37-17-9-26(2)19-42(37)83(73,74)75)35-23-32(81(67,68)69)15-16-34(35)45(41)61-62-46-43(84(76,77)78)21-27-20-33(82(70,71)72)24-39(44(27)47(46)64)53-50-54-49(55-51(56-50)80-31-7-5-4-6-8-31)52-28-10-12-29(13-11-28)57-58-30-14-18-40(63)36(22-30)48(65)66/h4-25,63-64H,3H2,1-2H3,(H,65,66)(H,67,68,69)(H,70,71,72)(H,73,74,75)(H,76,77,78)(H2,52,53,54,55,56)/b58-57+,60-59+,62-61+. The highest BCUT2D eigenvalue weighted by Crippen LogP contribution is 2.49. The summed E-state index contributed by atoms with van der Waals surface area (Å²) in [4.78, 5) is 22.3. The van der Waals surface area contributed by atoms with Crippen molar-refractivity contribution in [3.63, 3.8) is 0 Å². The van der Waals surface area contributed by atoms with Crippen molar-refractivity contribution in [1.82, 2.24) is 15.0 Å². The molecular formula is C51H39N11O17S5. The van der Waals surface area contributed by atoms with Gasteiger partial charge in [0.25, 0.3) is 40.5 Å². The minimum absolute atomic E-state index is 0.0374. The molecule has 84 heavy (non-hydrogen) atoms. The number of benzene rings is 8. The van der Waals surface area contributed by atoms with Crippen LogP contribution in [0.5, 0.6) is 17.2 Å². The van der Waals surface area contributed by atoms with Crippen molar-refractivity contribution in [1.29, 1.82) is 0 Å². The Balaban J connectivity index is 1.16. The number of aryl methyl sites for hydroxylation is 1. The number of hydrogen-bond donors (Lipinski definition) is 9. The SMILES string of the molecule is CCOc1cc(/N=N/c2ccc(C)cc2S(=O)(=O)O)c2cc(S(=O)(=O)O)ccc2c1/N=N/c1c(S(=O)(=O)O)cc2cc(S(=O)(=O)O)cc(Nc3nc(Nc4ccc(/N=N/c5ccc(O)c(C(=O)O)c5)cc4)nc(Sc4ccccc4)n3)c2c1O. The second-order valence-electron chi connectivity index (χ2n) is 17.5. The third kappa shape index (κ3) is 13.6. The molecule has 9 N–H and O–H groups in total. The fourth-order valence-electron chi connectivity index (χ4n) is 7.92. The molecule has 33 heteroatoms. The number of anilines is 4. The summed E-state index contributed by atoms with van der Waals surface area (Å²) in [5.41, 5.74) is -1.41. The molecule has 0 bridgehead atoms. The fraction of sp³-hybridized carbons (Fsp3) is 0.0588. The Kier molecular flexibility index (Phi) is 16.5. The molecule has 0 aliphatic rings. The van der Waals surface area contributed by atoms with Crippen molar-refractivity contribution in [3.8, 4) is 17.2 Å². The summed E-state index contributed by atoms with van der Waals surface area (Å²) in [5, 5.41) is 60.7. The topological polar surface area (TPSA) is 441 Å². The van der Waals surface area contributed by atoms with Gasteiger partial charge in [-0.1, -0.05) is 30.3 Å². The lowest BCUT2D eigenvalue weighted by molar-refractivity contribution is 0.0693. The molecule has 9 rings (SSSR count). The van der Waals surface area contributed by atoms with E-state index in [0.29, 0.717) is 27.9 Å². The molecular weight excluding hydrogens is 1200 g/mol. The lowest BCUT2D eigenvalue weighted by Crippen LogP contribution is -2.07. The van der Waals surface area contributed by atoms with Crippen LogP contribution in [0.1, 0.15) is 22.8 Å². The van der Waals surface area contributed by atoms with E-state index in [1.807, 2.05) is 0 Å². The minimum Gasteiger partial charge on any atom is -0.507 e. The van der Waals surface area contributed by atoms with Crippen LogP contribution in [0.25, 0.3) is 21.5 Å². The van der Waals surface area contributed by atoms with Crippen molar-refractivity contribution in [2.75, 3.05) is 17.2 Å². The lowest BCUT2D eigenvalue weighted by atomic mass is 10.1. The first-order valence-corrected chi connectivity index (χ1v) is 30.2. The highest BCUT2D eigenvalue weighted by Gasteiger charge is 2.27. The van der Waals surface area contributed by atoms with Crippen LogP contribution in [-0.4, -0.2) is 94.7 Å². The number of carboxylic acid groups (broad SMARTS) is 1. The summed E-state index contributed by atoms with van der Waals surface area (Å²) >= 11 is 1.06. The van der Waals surface area contributed by atoms with Gasteiger partial charge in [0.15, 0.2) is 10.9 Å². The molecule has 0 aliphatic carbocycles. The van der Waals surface area contributed by atoms with Gasteiger partial charge in [-0.15, -0.1) is 20.5 Å². The Morgan fingerprint density at radius 2 is 1.23 bits per heavy atom. The van der Waals surface area contributed by atoms with E-state index >= 15 is 0 Å². The molecule has 0 radical (unpaired) electrons. The molecule has 0 aliphatic heterocycles. The molecule has 0 saturated heterocycles. The van der Waals surface area contributed by atoms with Crippen LogP contribution in [0.3, 0.4) is 0 Å². The first-order valence-electron chi connectivity index (χ1n) is 23.7. The van der Waals surface area contributed by atoms with E-state index in [9.17, 15) is 72.0 Å². The zero-order chi connectivity index (χ0) is 60.5. The second kappa shape index (κ2) is 23.4. The number of phenolic OH excluding ortho intramolecular Hbond substituents is 1. The van der Waals surface area contributed by atoms with Gasteiger partial charge in [-0.3, -0.25) is 18.2 Å². The van der Waals surface area contributed by atoms with Crippen LogP contribution in [-0.2, 0) is 40.5 Å².